The Morgan fingerprint density at radius 1 is 1.29 bits per heavy atom. The molecule has 0 amide bonds. The fraction of sp³-hybridized carbons (Fsp3) is 0.500. The summed E-state index contributed by atoms with van der Waals surface area (Å²) >= 11 is 0. The molecule has 14 heavy (non-hydrogen) atoms. The highest BCUT2D eigenvalue weighted by atomic mass is 16.5. The maximum absolute atomic E-state index is 5.82. The highest BCUT2D eigenvalue weighted by molar-refractivity contribution is 5.96. The number of rotatable bonds is 1. The maximum atomic E-state index is 5.82. The summed E-state index contributed by atoms with van der Waals surface area (Å²) in [4.78, 5) is 4.42. The second-order valence-corrected chi connectivity index (χ2v) is 4.79. The molecule has 2 nitrogen and oxygen atoms in total. The van der Waals surface area contributed by atoms with E-state index in [0.717, 1.165) is 18.4 Å². The third-order valence-corrected chi connectivity index (χ3v) is 2.53. The molecule has 1 heterocycles. The zero-order valence-electron chi connectivity index (χ0n) is 8.95. The first kappa shape index (κ1) is 10.0. The standard InChI is InChI=1S/C12H16NO/c1-12(2,3)10-8-13-11(14-10)9-6-4-5-7-9/h4-7,10H,8H2,1-3H3/t10-/m1/s1. The van der Waals surface area contributed by atoms with Crippen molar-refractivity contribution < 1.29 is 4.74 Å². The molecule has 1 atom stereocenters. The lowest BCUT2D eigenvalue weighted by Crippen LogP contribution is -2.30. The van der Waals surface area contributed by atoms with Gasteiger partial charge in [0.05, 0.1) is 12.5 Å². The zero-order chi connectivity index (χ0) is 10.2. The first-order valence-corrected chi connectivity index (χ1v) is 5.00. The Labute approximate surface area is 86.8 Å². The highest BCUT2D eigenvalue weighted by Gasteiger charge is 2.35. The predicted molar refractivity (Wildman–Crippen MR) is 57.1 cm³/mol. The van der Waals surface area contributed by atoms with Gasteiger partial charge in [-0.3, -0.25) is 4.99 Å². The Balaban J connectivity index is 1.93. The van der Waals surface area contributed by atoms with E-state index in [2.05, 4.69) is 25.8 Å². The zero-order valence-corrected chi connectivity index (χ0v) is 8.95. The molecule has 0 unspecified atom stereocenters. The van der Waals surface area contributed by atoms with E-state index in [9.17, 15) is 0 Å². The summed E-state index contributed by atoms with van der Waals surface area (Å²) in [5.74, 6) is 1.90. The Morgan fingerprint density at radius 2 is 1.93 bits per heavy atom. The molecule has 1 fully saturated rings. The fourth-order valence-electron chi connectivity index (χ4n) is 1.50. The van der Waals surface area contributed by atoms with Crippen molar-refractivity contribution in [1.82, 2.24) is 0 Å². The maximum Gasteiger partial charge on any atom is 0.191 e. The first-order chi connectivity index (χ1) is 6.57. The smallest absolute Gasteiger partial charge is 0.191 e. The van der Waals surface area contributed by atoms with E-state index in [1.54, 1.807) is 0 Å². The van der Waals surface area contributed by atoms with E-state index in [4.69, 9.17) is 4.74 Å². The molecular weight excluding hydrogens is 174 g/mol. The molecule has 2 aliphatic rings. The number of ether oxygens (including phenoxy) is 1. The average molecular weight is 190 g/mol. The van der Waals surface area contributed by atoms with Gasteiger partial charge in [-0.2, -0.15) is 0 Å². The number of nitrogens with zero attached hydrogens (tertiary/aromatic N) is 1. The van der Waals surface area contributed by atoms with Crippen molar-refractivity contribution >= 4 is 5.90 Å². The third kappa shape index (κ3) is 1.94. The molecule has 1 saturated carbocycles. The van der Waals surface area contributed by atoms with E-state index in [0.29, 0.717) is 0 Å². The molecule has 2 heteroatoms. The molecule has 0 saturated heterocycles. The van der Waals surface area contributed by atoms with E-state index in [-0.39, 0.29) is 11.5 Å². The molecule has 0 spiro atoms. The second-order valence-electron chi connectivity index (χ2n) is 4.79. The minimum atomic E-state index is 0.165. The van der Waals surface area contributed by atoms with Crippen LogP contribution in [0.1, 0.15) is 20.8 Å². The van der Waals surface area contributed by atoms with Crippen molar-refractivity contribution in [2.75, 3.05) is 6.54 Å². The van der Waals surface area contributed by atoms with Gasteiger partial charge in [0, 0.05) is 5.41 Å². The lowest BCUT2D eigenvalue weighted by molar-refractivity contribution is 0.102. The number of aliphatic imine (C=N–C) groups is 1. The second kappa shape index (κ2) is 3.56. The van der Waals surface area contributed by atoms with Gasteiger partial charge >= 0.3 is 0 Å². The lowest BCUT2D eigenvalue weighted by atomic mass is 9.89. The average Bonchev–Trinajstić information content (AvgIpc) is 2.73. The molecule has 5 radical (unpaired) electrons. The molecule has 0 aromatic carbocycles. The van der Waals surface area contributed by atoms with E-state index in [1.807, 2.05) is 25.7 Å². The topological polar surface area (TPSA) is 21.6 Å². The van der Waals surface area contributed by atoms with Gasteiger partial charge in [-0.25, -0.2) is 0 Å². The molecule has 0 N–H and O–H groups in total. The van der Waals surface area contributed by atoms with Crippen LogP contribution < -0.4 is 0 Å². The minimum Gasteiger partial charge on any atom is -0.475 e. The Morgan fingerprint density at radius 3 is 2.43 bits per heavy atom. The fourth-order valence-corrected chi connectivity index (χ4v) is 1.50. The summed E-state index contributed by atoms with van der Waals surface area (Å²) in [6.07, 6.45) is 8.29. The van der Waals surface area contributed by atoms with Crippen molar-refractivity contribution in [2.24, 2.45) is 10.4 Å². The number of hydrogen-bond donors (Lipinski definition) is 0. The van der Waals surface area contributed by atoms with Crippen LogP contribution in [0.5, 0.6) is 0 Å². The van der Waals surface area contributed by atoms with Crippen LogP contribution in [0.15, 0.2) is 4.99 Å². The van der Waals surface area contributed by atoms with Gasteiger partial charge in [0.25, 0.3) is 0 Å². The van der Waals surface area contributed by atoms with Gasteiger partial charge in [-0.15, -0.1) is 0 Å². The lowest BCUT2D eigenvalue weighted by Gasteiger charge is -2.26. The summed E-state index contributed by atoms with van der Waals surface area (Å²) in [5, 5.41) is 0. The largest absolute Gasteiger partial charge is 0.475 e. The van der Waals surface area contributed by atoms with Crippen LogP contribution >= 0.6 is 0 Å². The Kier molecular flexibility index (Phi) is 2.54. The third-order valence-electron chi connectivity index (χ3n) is 2.53. The van der Waals surface area contributed by atoms with Crippen LogP contribution in [0.4, 0.5) is 0 Å². The highest BCUT2D eigenvalue weighted by Crippen LogP contribution is 2.32. The van der Waals surface area contributed by atoms with E-state index >= 15 is 0 Å². The van der Waals surface area contributed by atoms with Crippen molar-refractivity contribution in [3.8, 4) is 0 Å². The predicted octanol–water partition coefficient (Wildman–Crippen LogP) is 2.24. The van der Waals surface area contributed by atoms with Crippen LogP contribution in [0, 0.1) is 37.0 Å². The van der Waals surface area contributed by atoms with Crippen LogP contribution in [0.3, 0.4) is 0 Å². The number of hydrogen-bond acceptors (Lipinski definition) is 2. The van der Waals surface area contributed by atoms with Crippen LogP contribution in [0.2, 0.25) is 0 Å². The van der Waals surface area contributed by atoms with Crippen LogP contribution in [-0.2, 0) is 4.74 Å². The summed E-state index contributed by atoms with van der Waals surface area (Å²) < 4.78 is 5.82. The molecular formula is C12H16NO. The van der Waals surface area contributed by atoms with Crippen LogP contribution in [0.25, 0.3) is 0 Å². The van der Waals surface area contributed by atoms with E-state index < -0.39 is 0 Å². The van der Waals surface area contributed by atoms with Crippen molar-refractivity contribution in [3.05, 3.63) is 31.6 Å². The van der Waals surface area contributed by atoms with Gasteiger partial charge in [0.15, 0.2) is 5.90 Å². The van der Waals surface area contributed by atoms with Crippen molar-refractivity contribution in [3.63, 3.8) is 0 Å². The molecule has 2 rings (SSSR count). The molecule has 75 valence electrons. The van der Waals surface area contributed by atoms with Gasteiger partial charge in [0.2, 0.25) is 0 Å². The minimum absolute atomic E-state index is 0.165. The summed E-state index contributed by atoms with van der Waals surface area (Å²) in [6.45, 7) is 7.33. The molecule has 0 bridgehead atoms. The summed E-state index contributed by atoms with van der Waals surface area (Å²) in [5.41, 5.74) is 0.165. The molecule has 1 aliphatic heterocycles. The molecule has 0 aromatic heterocycles. The van der Waals surface area contributed by atoms with Gasteiger partial charge < -0.3 is 4.74 Å². The molecule has 0 aromatic rings. The summed E-state index contributed by atoms with van der Waals surface area (Å²) in [7, 11) is 0. The quantitative estimate of drug-likeness (QED) is 0.621. The van der Waals surface area contributed by atoms with Gasteiger partial charge in [-0.1, -0.05) is 20.8 Å². The van der Waals surface area contributed by atoms with Gasteiger partial charge in [0.1, 0.15) is 6.10 Å². The first-order valence-electron chi connectivity index (χ1n) is 5.00. The van der Waals surface area contributed by atoms with Gasteiger partial charge in [-0.05, 0) is 25.7 Å². The monoisotopic (exact) mass is 190 g/mol. The van der Waals surface area contributed by atoms with E-state index in [1.165, 1.54) is 0 Å². The van der Waals surface area contributed by atoms with Crippen molar-refractivity contribution in [1.29, 1.82) is 0 Å². The van der Waals surface area contributed by atoms with Crippen molar-refractivity contribution in [2.45, 2.75) is 26.9 Å². The normalized spacial score (nSPS) is 29.1. The Bertz CT molecular complexity index is 233. The summed E-state index contributed by atoms with van der Waals surface area (Å²) in [6, 6.07) is 0. The van der Waals surface area contributed by atoms with Crippen LogP contribution in [-0.4, -0.2) is 18.5 Å². The molecule has 1 aliphatic carbocycles. The Hall–Kier alpha value is -0.530. The SMILES string of the molecule is CC(C)(C)[C@H]1CN=C([C]2[CH][CH][CH][CH]2)O1.